The van der Waals surface area contributed by atoms with Gasteiger partial charge >= 0.3 is 0 Å². The van der Waals surface area contributed by atoms with Crippen LogP contribution in [0.2, 0.25) is 0 Å². The van der Waals surface area contributed by atoms with E-state index in [1.54, 1.807) is 6.26 Å². The van der Waals surface area contributed by atoms with Crippen molar-refractivity contribution >= 4 is 15.9 Å². The highest BCUT2D eigenvalue weighted by atomic mass is 79.9. The zero-order valence-electron chi connectivity index (χ0n) is 4.38. The Labute approximate surface area is 57.2 Å². The van der Waals surface area contributed by atoms with E-state index in [-0.39, 0.29) is 6.10 Å². The first-order valence-electron chi connectivity index (χ1n) is 2.48. The summed E-state index contributed by atoms with van der Waals surface area (Å²) in [5.41, 5.74) is 0. The van der Waals surface area contributed by atoms with Gasteiger partial charge < -0.3 is 4.74 Å². The first-order chi connectivity index (χ1) is 3.93. The molecule has 1 atom stereocenters. The molecule has 1 rings (SSSR count). The van der Waals surface area contributed by atoms with Gasteiger partial charge in [-0.25, -0.2) is 0 Å². The summed E-state index contributed by atoms with van der Waals surface area (Å²) in [6.45, 7) is 0. The summed E-state index contributed by atoms with van der Waals surface area (Å²) in [6, 6.07) is 0. The van der Waals surface area contributed by atoms with Crippen molar-refractivity contribution in [3.8, 4) is 0 Å². The summed E-state index contributed by atoms with van der Waals surface area (Å²) in [4.78, 5) is 0. The zero-order chi connectivity index (χ0) is 5.82. The second-order valence-electron chi connectivity index (χ2n) is 1.54. The van der Waals surface area contributed by atoms with E-state index in [2.05, 4.69) is 15.9 Å². The van der Waals surface area contributed by atoms with E-state index in [9.17, 15) is 0 Å². The summed E-state index contributed by atoms with van der Waals surface area (Å²) in [5.74, 6) is 0. The molecule has 0 spiro atoms. The monoisotopic (exact) mass is 174 g/mol. The van der Waals surface area contributed by atoms with Gasteiger partial charge in [0.1, 0.15) is 6.10 Å². The maximum Gasteiger partial charge on any atom is 0.126 e. The van der Waals surface area contributed by atoms with Gasteiger partial charge in [-0.15, -0.1) is 0 Å². The quantitative estimate of drug-likeness (QED) is 0.552. The van der Waals surface area contributed by atoms with Crippen LogP contribution in [0.4, 0.5) is 0 Å². The van der Waals surface area contributed by atoms with Crippen molar-refractivity contribution in [1.82, 2.24) is 0 Å². The van der Waals surface area contributed by atoms with Crippen LogP contribution in [0.5, 0.6) is 0 Å². The van der Waals surface area contributed by atoms with Crippen LogP contribution in [0, 0.1) is 0 Å². The number of ether oxygens (including phenoxy) is 1. The van der Waals surface area contributed by atoms with Crippen molar-refractivity contribution < 1.29 is 4.74 Å². The normalized spacial score (nSPS) is 25.4. The molecule has 2 heteroatoms. The lowest BCUT2D eigenvalue weighted by atomic mass is 10.3. The Morgan fingerprint density at radius 2 is 2.38 bits per heavy atom. The Kier molecular flexibility index (Phi) is 2.15. The van der Waals surface area contributed by atoms with Crippen molar-refractivity contribution in [2.75, 3.05) is 5.33 Å². The average molecular weight is 175 g/mol. The third-order valence-corrected chi connectivity index (χ3v) is 1.56. The maximum atomic E-state index is 5.11. The smallest absolute Gasteiger partial charge is 0.126 e. The molecule has 1 unspecified atom stereocenters. The van der Waals surface area contributed by atoms with Crippen LogP contribution in [0.1, 0.15) is 0 Å². The first kappa shape index (κ1) is 5.89. The molecule has 0 bridgehead atoms. The summed E-state index contributed by atoms with van der Waals surface area (Å²) in [7, 11) is 0. The molecule has 0 fully saturated rings. The molecule has 0 saturated carbocycles. The minimum atomic E-state index is 0.236. The summed E-state index contributed by atoms with van der Waals surface area (Å²) in [5, 5.41) is 0.869. The maximum absolute atomic E-state index is 5.11. The van der Waals surface area contributed by atoms with Gasteiger partial charge in [-0.05, 0) is 12.2 Å². The molecule has 0 amide bonds. The molecular formula is C6H7BrO. The number of halogens is 1. The molecule has 1 heterocycles. The van der Waals surface area contributed by atoms with E-state index in [1.807, 2.05) is 18.2 Å². The number of rotatable bonds is 1. The molecule has 0 saturated heterocycles. The van der Waals surface area contributed by atoms with Crippen LogP contribution in [-0.4, -0.2) is 11.4 Å². The van der Waals surface area contributed by atoms with Crippen molar-refractivity contribution in [2.45, 2.75) is 6.10 Å². The Balaban J connectivity index is 2.40. The van der Waals surface area contributed by atoms with Gasteiger partial charge in [-0.3, -0.25) is 0 Å². The van der Waals surface area contributed by atoms with Crippen LogP contribution >= 0.6 is 15.9 Å². The van der Waals surface area contributed by atoms with Gasteiger partial charge in [0, 0.05) is 5.33 Å². The van der Waals surface area contributed by atoms with E-state index in [0.717, 1.165) is 5.33 Å². The van der Waals surface area contributed by atoms with Gasteiger partial charge in [0.15, 0.2) is 0 Å². The van der Waals surface area contributed by atoms with Crippen molar-refractivity contribution in [1.29, 1.82) is 0 Å². The van der Waals surface area contributed by atoms with Gasteiger partial charge in [0.2, 0.25) is 0 Å². The molecule has 0 N–H and O–H groups in total. The van der Waals surface area contributed by atoms with E-state index < -0.39 is 0 Å². The SMILES string of the molecule is BrCC1C=CC=CO1. The summed E-state index contributed by atoms with van der Waals surface area (Å²) >= 11 is 3.30. The second kappa shape index (κ2) is 2.92. The molecule has 1 aliphatic rings. The van der Waals surface area contributed by atoms with Gasteiger partial charge in [0.25, 0.3) is 0 Å². The largest absolute Gasteiger partial charge is 0.493 e. The zero-order valence-corrected chi connectivity index (χ0v) is 5.97. The molecule has 1 nitrogen and oxygen atoms in total. The second-order valence-corrected chi connectivity index (χ2v) is 2.19. The fraction of sp³-hybridized carbons (Fsp3) is 0.333. The third kappa shape index (κ3) is 1.37. The van der Waals surface area contributed by atoms with Crippen LogP contribution in [-0.2, 0) is 4.74 Å². The summed E-state index contributed by atoms with van der Waals surface area (Å²) < 4.78 is 5.11. The molecule has 0 aromatic carbocycles. The summed E-state index contributed by atoms with van der Waals surface area (Å²) in [6.07, 6.45) is 7.80. The third-order valence-electron chi connectivity index (χ3n) is 0.921. The highest BCUT2D eigenvalue weighted by Crippen LogP contribution is 2.03. The van der Waals surface area contributed by atoms with Crippen molar-refractivity contribution in [2.24, 2.45) is 0 Å². The fourth-order valence-corrected chi connectivity index (χ4v) is 0.881. The molecule has 0 aliphatic carbocycles. The molecule has 0 aromatic rings. The Morgan fingerprint density at radius 1 is 1.50 bits per heavy atom. The highest BCUT2D eigenvalue weighted by Gasteiger charge is 2.00. The molecule has 44 valence electrons. The molecule has 0 aromatic heterocycles. The van der Waals surface area contributed by atoms with Gasteiger partial charge in [-0.1, -0.05) is 22.0 Å². The number of hydrogen-bond acceptors (Lipinski definition) is 1. The lowest BCUT2D eigenvalue weighted by Crippen LogP contribution is -2.08. The Hall–Kier alpha value is -0.240. The molecule has 8 heavy (non-hydrogen) atoms. The van der Waals surface area contributed by atoms with E-state index in [0.29, 0.717) is 0 Å². The predicted octanol–water partition coefficient (Wildman–Crippen LogP) is 1.85. The lowest BCUT2D eigenvalue weighted by molar-refractivity contribution is 0.205. The van der Waals surface area contributed by atoms with Crippen LogP contribution in [0.15, 0.2) is 24.5 Å². The minimum Gasteiger partial charge on any atom is -0.493 e. The number of alkyl halides is 1. The average Bonchev–Trinajstić information content (AvgIpc) is 1.90. The van der Waals surface area contributed by atoms with Crippen LogP contribution in [0.25, 0.3) is 0 Å². The fourth-order valence-electron chi connectivity index (χ4n) is 0.513. The first-order valence-corrected chi connectivity index (χ1v) is 3.60. The van der Waals surface area contributed by atoms with Crippen LogP contribution in [0.3, 0.4) is 0 Å². The highest BCUT2D eigenvalue weighted by molar-refractivity contribution is 9.09. The standard InChI is InChI=1S/C6H7BrO/c7-5-6-3-1-2-4-8-6/h1-4,6H,5H2. The van der Waals surface area contributed by atoms with E-state index >= 15 is 0 Å². The topological polar surface area (TPSA) is 9.23 Å². The molecular weight excluding hydrogens is 168 g/mol. The Bertz CT molecular complexity index is 118. The van der Waals surface area contributed by atoms with Crippen LogP contribution < -0.4 is 0 Å². The number of allylic oxidation sites excluding steroid dienone is 2. The van der Waals surface area contributed by atoms with Crippen molar-refractivity contribution in [3.63, 3.8) is 0 Å². The minimum absolute atomic E-state index is 0.236. The number of hydrogen-bond donors (Lipinski definition) is 0. The van der Waals surface area contributed by atoms with E-state index in [4.69, 9.17) is 4.74 Å². The van der Waals surface area contributed by atoms with E-state index in [1.165, 1.54) is 0 Å². The molecule has 1 aliphatic heterocycles. The molecule has 0 radical (unpaired) electrons. The Morgan fingerprint density at radius 3 is 2.75 bits per heavy atom. The predicted molar refractivity (Wildman–Crippen MR) is 36.9 cm³/mol. The van der Waals surface area contributed by atoms with Gasteiger partial charge in [0.05, 0.1) is 6.26 Å². The lowest BCUT2D eigenvalue weighted by Gasteiger charge is -2.10. The van der Waals surface area contributed by atoms with Gasteiger partial charge in [-0.2, -0.15) is 0 Å². The van der Waals surface area contributed by atoms with Crippen molar-refractivity contribution in [3.05, 3.63) is 24.5 Å².